The van der Waals surface area contributed by atoms with E-state index in [-0.39, 0.29) is 5.82 Å². The first-order valence-electron chi connectivity index (χ1n) is 10.4. The monoisotopic (exact) mass is 407 g/mol. The minimum absolute atomic E-state index is 0.120. The van der Waals surface area contributed by atoms with Crippen LogP contribution in [0.15, 0.2) is 29.3 Å². The van der Waals surface area contributed by atoms with Crippen molar-refractivity contribution in [2.45, 2.75) is 37.0 Å². The SMILES string of the molecule is CN=C(NCCCN1CCN(c2ccccc2F)CC1)NC1CCC(SC)C1. The van der Waals surface area contributed by atoms with E-state index in [1.165, 1.54) is 19.3 Å². The van der Waals surface area contributed by atoms with Crippen molar-refractivity contribution in [3.8, 4) is 0 Å². The molecule has 0 spiro atoms. The minimum Gasteiger partial charge on any atom is -0.367 e. The summed E-state index contributed by atoms with van der Waals surface area (Å²) in [4.78, 5) is 8.99. The number of aliphatic imine (C=N–C) groups is 1. The fourth-order valence-electron chi connectivity index (χ4n) is 4.10. The van der Waals surface area contributed by atoms with Crippen molar-refractivity contribution in [2.75, 3.05) is 57.5 Å². The van der Waals surface area contributed by atoms with Crippen LogP contribution in [0.4, 0.5) is 10.1 Å². The Balaban J connectivity index is 1.31. The Morgan fingerprint density at radius 2 is 2.00 bits per heavy atom. The molecule has 0 radical (unpaired) electrons. The van der Waals surface area contributed by atoms with Crippen molar-refractivity contribution in [1.82, 2.24) is 15.5 Å². The molecule has 1 saturated carbocycles. The van der Waals surface area contributed by atoms with Crippen LogP contribution in [0.5, 0.6) is 0 Å². The van der Waals surface area contributed by atoms with Crippen LogP contribution >= 0.6 is 11.8 Å². The van der Waals surface area contributed by atoms with Gasteiger partial charge < -0.3 is 15.5 Å². The molecule has 1 aliphatic heterocycles. The van der Waals surface area contributed by atoms with E-state index in [2.05, 4.69) is 31.7 Å². The van der Waals surface area contributed by atoms with Gasteiger partial charge in [-0.3, -0.25) is 9.89 Å². The summed E-state index contributed by atoms with van der Waals surface area (Å²) in [6, 6.07) is 7.62. The molecule has 7 heteroatoms. The predicted molar refractivity (Wildman–Crippen MR) is 119 cm³/mol. The van der Waals surface area contributed by atoms with E-state index in [9.17, 15) is 4.39 Å². The second-order valence-corrected chi connectivity index (χ2v) is 8.78. The van der Waals surface area contributed by atoms with Gasteiger partial charge in [-0.15, -0.1) is 0 Å². The highest BCUT2D eigenvalue weighted by Gasteiger charge is 2.24. The molecule has 3 rings (SSSR count). The van der Waals surface area contributed by atoms with Crippen molar-refractivity contribution < 1.29 is 4.39 Å². The van der Waals surface area contributed by atoms with Crippen LogP contribution < -0.4 is 15.5 Å². The molecule has 0 amide bonds. The third kappa shape index (κ3) is 6.01. The third-order valence-corrected chi connectivity index (χ3v) is 6.89. The summed E-state index contributed by atoms with van der Waals surface area (Å²) in [6.07, 6.45) is 7.05. The molecule has 2 aliphatic rings. The molecular formula is C21H34FN5S. The van der Waals surface area contributed by atoms with Gasteiger partial charge in [0.15, 0.2) is 5.96 Å². The Morgan fingerprint density at radius 1 is 1.21 bits per heavy atom. The van der Waals surface area contributed by atoms with Crippen LogP contribution in [0.1, 0.15) is 25.7 Å². The summed E-state index contributed by atoms with van der Waals surface area (Å²) in [5, 5.41) is 7.81. The number of anilines is 1. The van der Waals surface area contributed by atoms with Crippen molar-refractivity contribution in [2.24, 2.45) is 4.99 Å². The minimum atomic E-state index is -0.120. The van der Waals surface area contributed by atoms with Crippen LogP contribution in [0.3, 0.4) is 0 Å². The molecule has 2 fully saturated rings. The zero-order valence-electron chi connectivity index (χ0n) is 17.2. The van der Waals surface area contributed by atoms with E-state index in [1.807, 2.05) is 30.9 Å². The average Bonchev–Trinajstić information content (AvgIpc) is 3.19. The number of piperazine rings is 1. The van der Waals surface area contributed by atoms with E-state index in [4.69, 9.17) is 0 Å². The first-order chi connectivity index (χ1) is 13.7. The highest BCUT2D eigenvalue weighted by molar-refractivity contribution is 7.99. The molecule has 1 heterocycles. The lowest BCUT2D eigenvalue weighted by molar-refractivity contribution is 0.254. The molecule has 0 bridgehead atoms. The number of guanidine groups is 1. The fraction of sp³-hybridized carbons (Fsp3) is 0.667. The average molecular weight is 408 g/mol. The highest BCUT2D eigenvalue weighted by Crippen LogP contribution is 2.28. The molecule has 156 valence electrons. The molecule has 1 aromatic rings. The number of nitrogens with zero attached hydrogens (tertiary/aromatic N) is 3. The van der Waals surface area contributed by atoms with Gasteiger partial charge in [0.05, 0.1) is 5.69 Å². The van der Waals surface area contributed by atoms with Crippen molar-refractivity contribution >= 4 is 23.4 Å². The number of para-hydroxylation sites is 1. The molecule has 2 N–H and O–H groups in total. The number of halogens is 1. The zero-order chi connectivity index (χ0) is 19.8. The lowest BCUT2D eigenvalue weighted by Gasteiger charge is -2.36. The van der Waals surface area contributed by atoms with Crippen LogP contribution in [0, 0.1) is 5.82 Å². The lowest BCUT2D eigenvalue weighted by atomic mass is 10.2. The molecule has 1 aliphatic carbocycles. The van der Waals surface area contributed by atoms with Gasteiger partial charge in [0.25, 0.3) is 0 Å². The van der Waals surface area contributed by atoms with Gasteiger partial charge >= 0.3 is 0 Å². The number of benzene rings is 1. The van der Waals surface area contributed by atoms with Crippen LogP contribution in [-0.2, 0) is 0 Å². The smallest absolute Gasteiger partial charge is 0.191 e. The maximum absolute atomic E-state index is 13.9. The topological polar surface area (TPSA) is 42.9 Å². The number of hydrogen-bond donors (Lipinski definition) is 2. The quantitative estimate of drug-likeness (QED) is 0.413. The molecule has 1 saturated heterocycles. The second kappa shape index (κ2) is 10.9. The zero-order valence-corrected chi connectivity index (χ0v) is 18.0. The summed E-state index contributed by atoms with van der Waals surface area (Å²) < 4.78 is 13.9. The van der Waals surface area contributed by atoms with Gasteiger partial charge in [-0.1, -0.05) is 12.1 Å². The van der Waals surface area contributed by atoms with Gasteiger partial charge in [-0.05, 0) is 50.6 Å². The van der Waals surface area contributed by atoms with Crippen molar-refractivity contribution in [1.29, 1.82) is 0 Å². The Kier molecular flexibility index (Phi) is 8.27. The van der Waals surface area contributed by atoms with Gasteiger partial charge in [-0.25, -0.2) is 4.39 Å². The number of rotatable bonds is 7. The van der Waals surface area contributed by atoms with Gasteiger partial charge in [0.1, 0.15) is 5.82 Å². The summed E-state index contributed by atoms with van der Waals surface area (Å²) in [6.45, 7) is 5.73. The molecule has 2 atom stereocenters. The first kappa shape index (κ1) is 21.2. The van der Waals surface area contributed by atoms with Crippen molar-refractivity contribution in [3.63, 3.8) is 0 Å². The maximum atomic E-state index is 13.9. The largest absolute Gasteiger partial charge is 0.367 e. The maximum Gasteiger partial charge on any atom is 0.191 e. The third-order valence-electron chi connectivity index (χ3n) is 5.79. The Bertz CT molecular complexity index is 633. The van der Waals surface area contributed by atoms with Crippen molar-refractivity contribution in [3.05, 3.63) is 30.1 Å². The highest BCUT2D eigenvalue weighted by atomic mass is 32.2. The molecular weight excluding hydrogens is 373 g/mol. The van der Waals surface area contributed by atoms with Crippen LogP contribution in [-0.4, -0.2) is 74.7 Å². The van der Waals surface area contributed by atoms with Gasteiger partial charge in [-0.2, -0.15) is 11.8 Å². The Morgan fingerprint density at radius 3 is 2.68 bits per heavy atom. The first-order valence-corrected chi connectivity index (χ1v) is 11.7. The summed E-state index contributed by atoms with van der Waals surface area (Å²) in [5.41, 5.74) is 0.731. The van der Waals surface area contributed by atoms with Gasteiger partial charge in [0.2, 0.25) is 0 Å². The second-order valence-electron chi connectivity index (χ2n) is 7.64. The Labute approximate surface area is 173 Å². The summed E-state index contributed by atoms with van der Waals surface area (Å²) >= 11 is 1.98. The molecule has 0 aromatic heterocycles. The van der Waals surface area contributed by atoms with Crippen LogP contribution in [0.25, 0.3) is 0 Å². The Hall–Kier alpha value is -1.47. The molecule has 1 aromatic carbocycles. The van der Waals surface area contributed by atoms with E-state index in [1.54, 1.807) is 12.1 Å². The van der Waals surface area contributed by atoms with E-state index >= 15 is 0 Å². The molecule has 2 unspecified atom stereocenters. The number of thioether (sulfide) groups is 1. The summed E-state index contributed by atoms with van der Waals surface area (Å²) in [7, 11) is 1.85. The fourth-order valence-corrected chi connectivity index (χ4v) is 4.90. The van der Waals surface area contributed by atoms with Gasteiger partial charge in [0, 0.05) is 51.1 Å². The lowest BCUT2D eigenvalue weighted by Crippen LogP contribution is -2.47. The van der Waals surface area contributed by atoms with E-state index in [0.29, 0.717) is 6.04 Å². The number of nitrogens with one attached hydrogen (secondary N) is 2. The molecule has 28 heavy (non-hydrogen) atoms. The van der Waals surface area contributed by atoms with Crippen LogP contribution in [0.2, 0.25) is 0 Å². The predicted octanol–water partition coefficient (Wildman–Crippen LogP) is 2.79. The van der Waals surface area contributed by atoms with E-state index in [0.717, 1.165) is 62.6 Å². The number of hydrogen-bond acceptors (Lipinski definition) is 4. The standard InChI is InChI=1S/C21H34FN5S/c1-23-21(25-17-8-9-18(16-17)28-2)24-10-5-11-26-12-14-27(15-13-26)20-7-4-3-6-19(20)22/h3-4,6-7,17-18H,5,8-16H2,1-2H3,(H2,23,24,25). The van der Waals surface area contributed by atoms with E-state index < -0.39 is 0 Å². The normalized spacial score (nSPS) is 23.8. The summed E-state index contributed by atoms with van der Waals surface area (Å²) in [5.74, 6) is 0.807. The molecule has 5 nitrogen and oxygen atoms in total.